The Hall–Kier alpha value is -0.860. The Morgan fingerprint density at radius 3 is 2.83 bits per heavy atom. The lowest BCUT2D eigenvalue weighted by molar-refractivity contribution is 0.218. The number of aliphatic hydroxyl groups excluding tert-OH is 1. The van der Waals surface area contributed by atoms with Crippen molar-refractivity contribution in [2.24, 2.45) is 0 Å². The number of nitrogens with one attached hydrogen (secondary N) is 1. The van der Waals surface area contributed by atoms with Gasteiger partial charge in [0, 0.05) is 11.5 Å². The summed E-state index contributed by atoms with van der Waals surface area (Å²) in [6, 6.07) is 9.32. The molecule has 1 fully saturated rings. The lowest BCUT2D eigenvalue weighted by Crippen LogP contribution is -2.35. The fraction of sp³-hybridized carbons (Fsp3) is 0.625. The fourth-order valence-electron chi connectivity index (χ4n) is 2.59. The normalized spacial score (nSPS) is 20.9. The summed E-state index contributed by atoms with van der Waals surface area (Å²) >= 11 is 0. The average Bonchev–Trinajstić information content (AvgIpc) is 2.40. The van der Waals surface area contributed by atoms with Gasteiger partial charge in [-0.3, -0.25) is 0 Å². The highest BCUT2D eigenvalue weighted by atomic mass is 16.3. The molecule has 0 saturated carbocycles. The third kappa shape index (κ3) is 3.33. The first kappa shape index (κ1) is 13.6. The Morgan fingerprint density at radius 2 is 2.17 bits per heavy atom. The molecule has 100 valence electrons. The highest BCUT2D eigenvalue weighted by molar-refractivity contribution is 5.29. The van der Waals surface area contributed by atoms with E-state index in [0.29, 0.717) is 6.04 Å². The highest BCUT2D eigenvalue weighted by Gasteiger charge is 2.20. The Bertz CT molecular complexity index is 380. The standard InChI is InChI=1S/C16H25NO/c1-16(2,12-18)14-7-5-6-13(10-14)11-15-8-3-4-9-17-15/h5-7,10,15,17-18H,3-4,8-9,11-12H2,1-2H3. The number of aliphatic hydroxyl groups is 1. The van der Waals surface area contributed by atoms with Crippen LogP contribution in [-0.2, 0) is 11.8 Å². The predicted molar refractivity (Wildman–Crippen MR) is 75.9 cm³/mol. The van der Waals surface area contributed by atoms with Gasteiger partial charge in [-0.2, -0.15) is 0 Å². The molecule has 0 aromatic heterocycles. The molecule has 1 aliphatic rings. The van der Waals surface area contributed by atoms with Crippen LogP contribution in [0.15, 0.2) is 24.3 Å². The quantitative estimate of drug-likeness (QED) is 0.857. The van der Waals surface area contributed by atoms with Crippen LogP contribution in [0.5, 0.6) is 0 Å². The average molecular weight is 247 g/mol. The van der Waals surface area contributed by atoms with Crippen molar-refractivity contribution in [3.05, 3.63) is 35.4 Å². The molecule has 0 bridgehead atoms. The zero-order valence-electron chi connectivity index (χ0n) is 11.6. The van der Waals surface area contributed by atoms with Gasteiger partial charge in [0.05, 0.1) is 6.61 Å². The Morgan fingerprint density at radius 1 is 1.33 bits per heavy atom. The molecule has 2 N–H and O–H groups in total. The fourth-order valence-corrected chi connectivity index (χ4v) is 2.59. The molecular formula is C16H25NO. The van der Waals surface area contributed by atoms with Crippen LogP contribution in [0.3, 0.4) is 0 Å². The van der Waals surface area contributed by atoms with E-state index in [1.165, 1.54) is 30.4 Å². The predicted octanol–water partition coefficient (Wildman–Crippen LogP) is 2.64. The first-order chi connectivity index (χ1) is 8.62. The van der Waals surface area contributed by atoms with Crippen molar-refractivity contribution in [2.75, 3.05) is 13.2 Å². The van der Waals surface area contributed by atoms with Gasteiger partial charge in [0.15, 0.2) is 0 Å². The molecule has 1 atom stereocenters. The molecule has 2 nitrogen and oxygen atoms in total. The van der Waals surface area contributed by atoms with Crippen LogP contribution in [-0.4, -0.2) is 24.3 Å². The SMILES string of the molecule is CC(C)(CO)c1cccc(CC2CCCCN2)c1. The molecule has 0 amide bonds. The largest absolute Gasteiger partial charge is 0.395 e. The molecule has 1 saturated heterocycles. The molecule has 18 heavy (non-hydrogen) atoms. The van der Waals surface area contributed by atoms with Crippen LogP contribution in [0.2, 0.25) is 0 Å². The van der Waals surface area contributed by atoms with Gasteiger partial charge >= 0.3 is 0 Å². The summed E-state index contributed by atoms with van der Waals surface area (Å²) in [6.45, 7) is 5.53. The molecule has 2 rings (SSSR count). The number of piperidine rings is 1. The minimum absolute atomic E-state index is 0.143. The summed E-state index contributed by atoms with van der Waals surface area (Å²) in [4.78, 5) is 0. The van der Waals surface area contributed by atoms with E-state index in [2.05, 4.69) is 43.4 Å². The van der Waals surface area contributed by atoms with E-state index in [0.717, 1.165) is 13.0 Å². The summed E-state index contributed by atoms with van der Waals surface area (Å²) in [5, 5.41) is 13.0. The number of rotatable bonds is 4. The van der Waals surface area contributed by atoms with Gasteiger partial charge in [-0.15, -0.1) is 0 Å². The molecular weight excluding hydrogens is 222 g/mol. The van der Waals surface area contributed by atoms with Crippen LogP contribution >= 0.6 is 0 Å². The maximum atomic E-state index is 9.45. The molecule has 1 aliphatic heterocycles. The van der Waals surface area contributed by atoms with Crippen molar-refractivity contribution in [3.63, 3.8) is 0 Å². The Kier molecular flexibility index (Phi) is 4.41. The van der Waals surface area contributed by atoms with Crippen LogP contribution in [0.25, 0.3) is 0 Å². The van der Waals surface area contributed by atoms with Crippen molar-refractivity contribution in [1.82, 2.24) is 5.32 Å². The van der Waals surface area contributed by atoms with E-state index in [-0.39, 0.29) is 12.0 Å². The minimum atomic E-state index is -0.143. The van der Waals surface area contributed by atoms with Gasteiger partial charge in [0.1, 0.15) is 0 Å². The Labute approximate surface area is 110 Å². The molecule has 1 aromatic carbocycles. The molecule has 1 heterocycles. The van der Waals surface area contributed by atoms with Gasteiger partial charge in [0.2, 0.25) is 0 Å². The van der Waals surface area contributed by atoms with Crippen LogP contribution in [0.4, 0.5) is 0 Å². The number of benzene rings is 1. The Balaban J connectivity index is 2.07. The monoisotopic (exact) mass is 247 g/mol. The second-order valence-corrected chi connectivity index (χ2v) is 6.09. The summed E-state index contributed by atoms with van der Waals surface area (Å²) < 4.78 is 0. The second kappa shape index (κ2) is 5.85. The van der Waals surface area contributed by atoms with E-state index < -0.39 is 0 Å². The third-order valence-corrected chi connectivity index (χ3v) is 4.00. The van der Waals surface area contributed by atoms with Crippen LogP contribution < -0.4 is 5.32 Å². The highest BCUT2D eigenvalue weighted by Crippen LogP contribution is 2.24. The minimum Gasteiger partial charge on any atom is -0.395 e. The first-order valence-corrected chi connectivity index (χ1v) is 7.05. The summed E-state index contributed by atoms with van der Waals surface area (Å²) in [6.07, 6.45) is 5.05. The van der Waals surface area contributed by atoms with Gasteiger partial charge in [-0.05, 0) is 36.9 Å². The van der Waals surface area contributed by atoms with Gasteiger partial charge in [-0.1, -0.05) is 44.5 Å². The maximum Gasteiger partial charge on any atom is 0.0522 e. The third-order valence-electron chi connectivity index (χ3n) is 4.00. The van der Waals surface area contributed by atoms with Crippen LogP contribution in [0, 0.1) is 0 Å². The number of hydrogen-bond donors (Lipinski definition) is 2. The van der Waals surface area contributed by atoms with Gasteiger partial charge in [-0.25, -0.2) is 0 Å². The maximum absolute atomic E-state index is 9.45. The van der Waals surface area contributed by atoms with Gasteiger partial charge < -0.3 is 10.4 Å². The van der Waals surface area contributed by atoms with E-state index in [4.69, 9.17) is 0 Å². The van der Waals surface area contributed by atoms with E-state index in [1.807, 2.05) is 0 Å². The molecule has 0 aliphatic carbocycles. The van der Waals surface area contributed by atoms with Crippen LogP contribution in [0.1, 0.15) is 44.2 Å². The van der Waals surface area contributed by atoms with E-state index >= 15 is 0 Å². The van der Waals surface area contributed by atoms with E-state index in [1.54, 1.807) is 0 Å². The summed E-state index contributed by atoms with van der Waals surface area (Å²) in [5.74, 6) is 0. The molecule has 0 spiro atoms. The lowest BCUT2D eigenvalue weighted by Gasteiger charge is -2.25. The lowest BCUT2D eigenvalue weighted by atomic mass is 9.84. The topological polar surface area (TPSA) is 32.3 Å². The summed E-state index contributed by atoms with van der Waals surface area (Å²) in [7, 11) is 0. The summed E-state index contributed by atoms with van der Waals surface area (Å²) in [5.41, 5.74) is 2.47. The number of hydrogen-bond acceptors (Lipinski definition) is 2. The van der Waals surface area contributed by atoms with Crippen molar-refractivity contribution in [3.8, 4) is 0 Å². The second-order valence-electron chi connectivity index (χ2n) is 6.09. The smallest absolute Gasteiger partial charge is 0.0522 e. The van der Waals surface area contributed by atoms with Crippen molar-refractivity contribution >= 4 is 0 Å². The van der Waals surface area contributed by atoms with E-state index in [9.17, 15) is 5.11 Å². The van der Waals surface area contributed by atoms with Crippen molar-refractivity contribution < 1.29 is 5.11 Å². The zero-order chi connectivity index (χ0) is 13.0. The van der Waals surface area contributed by atoms with Gasteiger partial charge in [0.25, 0.3) is 0 Å². The molecule has 0 radical (unpaired) electrons. The molecule has 1 aromatic rings. The van der Waals surface area contributed by atoms with Crippen molar-refractivity contribution in [2.45, 2.75) is 51.0 Å². The zero-order valence-corrected chi connectivity index (χ0v) is 11.6. The molecule has 2 heteroatoms. The van der Waals surface area contributed by atoms with Crippen molar-refractivity contribution in [1.29, 1.82) is 0 Å². The first-order valence-electron chi connectivity index (χ1n) is 7.05. The molecule has 1 unspecified atom stereocenters.